The number of phenols is 1. The van der Waals surface area contributed by atoms with Gasteiger partial charge >= 0.3 is 6.09 Å². The fraction of sp³-hybridized carbons (Fsp3) is 0.357. The van der Waals surface area contributed by atoms with E-state index in [1.165, 1.54) is 0 Å². The van der Waals surface area contributed by atoms with Crippen molar-refractivity contribution in [3.63, 3.8) is 0 Å². The van der Waals surface area contributed by atoms with Gasteiger partial charge < -0.3 is 20.1 Å². The van der Waals surface area contributed by atoms with Crippen LogP contribution in [0.2, 0.25) is 0 Å². The van der Waals surface area contributed by atoms with Crippen LogP contribution in [0.25, 0.3) is 10.9 Å². The summed E-state index contributed by atoms with van der Waals surface area (Å²) < 4.78 is 5.15. The van der Waals surface area contributed by atoms with E-state index in [1.54, 1.807) is 12.1 Å². The second-order valence-electron chi connectivity index (χ2n) is 5.42. The van der Waals surface area contributed by atoms with Crippen LogP contribution in [0, 0.1) is 0 Å². The van der Waals surface area contributed by atoms with E-state index in [1.807, 2.05) is 32.9 Å². The molecule has 1 aromatic carbocycles. The lowest BCUT2D eigenvalue weighted by atomic mass is 10.2. The molecule has 1 aromatic heterocycles. The molecular weight excluding hydrogens is 244 g/mol. The number of aromatic hydroxyl groups is 1. The van der Waals surface area contributed by atoms with Crippen molar-refractivity contribution < 1.29 is 14.6 Å². The van der Waals surface area contributed by atoms with Gasteiger partial charge in [-0.15, -0.1) is 0 Å². The number of fused-ring (bicyclic) bond motifs is 1. The maximum Gasteiger partial charge on any atom is 0.407 e. The van der Waals surface area contributed by atoms with E-state index in [2.05, 4.69) is 10.3 Å². The summed E-state index contributed by atoms with van der Waals surface area (Å²) in [6, 6.07) is 7.01. The Balaban J connectivity index is 2.00. The monoisotopic (exact) mass is 262 g/mol. The Bertz CT molecular complexity index is 596. The summed E-state index contributed by atoms with van der Waals surface area (Å²) in [5.74, 6) is 0.209. The maximum atomic E-state index is 11.5. The first kappa shape index (κ1) is 13.3. The number of carbonyl (C=O) groups is 1. The van der Waals surface area contributed by atoms with Gasteiger partial charge in [0.15, 0.2) is 0 Å². The molecule has 0 radical (unpaired) electrons. The van der Waals surface area contributed by atoms with Gasteiger partial charge in [0.1, 0.15) is 11.4 Å². The number of hydrogen-bond donors (Lipinski definition) is 3. The summed E-state index contributed by atoms with van der Waals surface area (Å²) in [5.41, 5.74) is 1.18. The summed E-state index contributed by atoms with van der Waals surface area (Å²) >= 11 is 0. The normalized spacial score (nSPS) is 11.5. The standard InChI is InChI=1S/C14H18N2O3/c1-14(2,3)19-13(18)15-8-10-6-9-4-5-11(17)7-12(9)16-10/h4-7,16-17H,8H2,1-3H3,(H,15,18). The molecule has 0 aliphatic rings. The van der Waals surface area contributed by atoms with Crippen LogP contribution in [-0.4, -0.2) is 21.8 Å². The highest BCUT2D eigenvalue weighted by atomic mass is 16.6. The molecule has 19 heavy (non-hydrogen) atoms. The van der Waals surface area contributed by atoms with E-state index in [0.29, 0.717) is 6.54 Å². The van der Waals surface area contributed by atoms with Gasteiger partial charge in [0, 0.05) is 17.3 Å². The highest BCUT2D eigenvalue weighted by Crippen LogP contribution is 2.20. The third-order valence-electron chi connectivity index (χ3n) is 2.48. The van der Waals surface area contributed by atoms with E-state index < -0.39 is 11.7 Å². The number of carbonyl (C=O) groups excluding carboxylic acids is 1. The van der Waals surface area contributed by atoms with E-state index >= 15 is 0 Å². The third-order valence-corrected chi connectivity index (χ3v) is 2.48. The number of ether oxygens (including phenoxy) is 1. The fourth-order valence-electron chi connectivity index (χ4n) is 1.75. The van der Waals surface area contributed by atoms with Crippen LogP contribution in [0.5, 0.6) is 5.75 Å². The number of alkyl carbamates (subject to hydrolysis) is 1. The largest absolute Gasteiger partial charge is 0.508 e. The zero-order valence-corrected chi connectivity index (χ0v) is 11.3. The van der Waals surface area contributed by atoms with Crippen LogP contribution >= 0.6 is 0 Å². The Morgan fingerprint density at radius 1 is 1.37 bits per heavy atom. The van der Waals surface area contributed by atoms with Gasteiger partial charge in [-0.25, -0.2) is 4.79 Å². The zero-order valence-electron chi connectivity index (χ0n) is 11.3. The van der Waals surface area contributed by atoms with Crippen LogP contribution in [0.15, 0.2) is 24.3 Å². The second-order valence-corrected chi connectivity index (χ2v) is 5.42. The lowest BCUT2D eigenvalue weighted by Gasteiger charge is -2.19. The lowest BCUT2D eigenvalue weighted by molar-refractivity contribution is 0.0523. The number of amides is 1. The van der Waals surface area contributed by atoms with Gasteiger partial charge in [-0.3, -0.25) is 0 Å². The quantitative estimate of drug-likeness (QED) is 0.779. The maximum absolute atomic E-state index is 11.5. The predicted molar refractivity (Wildman–Crippen MR) is 73.0 cm³/mol. The molecule has 5 heteroatoms. The first-order chi connectivity index (χ1) is 8.83. The van der Waals surface area contributed by atoms with Gasteiger partial charge in [0.05, 0.1) is 6.54 Å². The van der Waals surface area contributed by atoms with E-state index in [9.17, 15) is 9.90 Å². The Labute approximate surface area is 111 Å². The minimum atomic E-state index is -0.504. The molecule has 0 aliphatic heterocycles. The third kappa shape index (κ3) is 3.64. The average Bonchev–Trinajstić information content (AvgIpc) is 2.66. The molecule has 2 aromatic rings. The summed E-state index contributed by atoms with van der Waals surface area (Å²) in [4.78, 5) is 14.6. The minimum absolute atomic E-state index is 0.209. The van der Waals surface area contributed by atoms with Crippen LogP contribution in [0.4, 0.5) is 4.79 Å². The number of benzene rings is 1. The molecule has 1 heterocycles. The molecule has 0 unspecified atom stereocenters. The fourth-order valence-corrected chi connectivity index (χ4v) is 1.75. The van der Waals surface area contributed by atoms with Crippen LogP contribution in [0.3, 0.4) is 0 Å². The van der Waals surface area contributed by atoms with Gasteiger partial charge in [-0.2, -0.15) is 0 Å². The van der Waals surface area contributed by atoms with Crippen molar-refractivity contribution in [3.8, 4) is 5.75 Å². The topological polar surface area (TPSA) is 74.3 Å². The van der Waals surface area contributed by atoms with Crippen molar-refractivity contribution in [1.29, 1.82) is 0 Å². The van der Waals surface area contributed by atoms with Crippen LogP contribution in [0.1, 0.15) is 26.5 Å². The molecule has 0 saturated carbocycles. The van der Waals surface area contributed by atoms with Gasteiger partial charge in [-0.05, 0) is 44.4 Å². The minimum Gasteiger partial charge on any atom is -0.508 e. The average molecular weight is 262 g/mol. The van der Waals surface area contributed by atoms with Crippen molar-refractivity contribution in [1.82, 2.24) is 10.3 Å². The predicted octanol–water partition coefficient (Wildman–Crippen LogP) is 2.90. The molecule has 1 amide bonds. The summed E-state index contributed by atoms with van der Waals surface area (Å²) in [5, 5.41) is 13.0. The first-order valence-corrected chi connectivity index (χ1v) is 6.11. The molecule has 102 valence electrons. The molecule has 0 aliphatic carbocycles. The molecule has 0 atom stereocenters. The molecule has 0 bridgehead atoms. The summed E-state index contributed by atoms with van der Waals surface area (Å²) in [6.45, 7) is 5.80. The van der Waals surface area contributed by atoms with Gasteiger partial charge in [-0.1, -0.05) is 0 Å². The van der Waals surface area contributed by atoms with Crippen molar-refractivity contribution in [3.05, 3.63) is 30.0 Å². The first-order valence-electron chi connectivity index (χ1n) is 6.11. The Hall–Kier alpha value is -2.17. The SMILES string of the molecule is CC(C)(C)OC(=O)NCc1cc2ccc(O)cc2[nH]1. The Kier molecular flexibility index (Phi) is 3.38. The van der Waals surface area contributed by atoms with Crippen LogP contribution < -0.4 is 5.32 Å². The van der Waals surface area contributed by atoms with Crippen LogP contribution in [-0.2, 0) is 11.3 Å². The number of rotatable bonds is 2. The van der Waals surface area contributed by atoms with Gasteiger partial charge in [0.25, 0.3) is 0 Å². The number of hydrogen-bond acceptors (Lipinski definition) is 3. The Morgan fingerprint density at radius 3 is 2.79 bits per heavy atom. The number of H-pyrrole nitrogens is 1. The molecule has 3 N–H and O–H groups in total. The molecule has 0 saturated heterocycles. The van der Waals surface area contributed by atoms with Crippen molar-refractivity contribution in [2.75, 3.05) is 0 Å². The number of phenolic OH excluding ortho intramolecular Hbond substituents is 1. The highest BCUT2D eigenvalue weighted by Gasteiger charge is 2.15. The van der Waals surface area contributed by atoms with Gasteiger partial charge in [0.2, 0.25) is 0 Å². The Morgan fingerprint density at radius 2 is 2.11 bits per heavy atom. The molecular formula is C14H18N2O3. The highest BCUT2D eigenvalue weighted by molar-refractivity contribution is 5.81. The number of nitrogens with one attached hydrogen (secondary N) is 2. The molecule has 0 spiro atoms. The summed E-state index contributed by atoms with van der Waals surface area (Å²) in [7, 11) is 0. The molecule has 5 nitrogen and oxygen atoms in total. The van der Waals surface area contributed by atoms with E-state index in [0.717, 1.165) is 16.6 Å². The molecule has 0 fully saturated rings. The van der Waals surface area contributed by atoms with Crippen molar-refractivity contribution in [2.24, 2.45) is 0 Å². The van der Waals surface area contributed by atoms with E-state index in [-0.39, 0.29) is 5.75 Å². The molecule has 2 rings (SSSR count). The summed E-state index contributed by atoms with van der Waals surface area (Å²) in [6.07, 6.45) is -0.450. The number of aromatic amines is 1. The number of aromatic nitrogens is 1. The van der Waals surface area contributed by atoms with E-state index in [4.69, 9.17) is 4.74 Å². The smallest absolute Gasteiger partial charge is 0.407 e. The van der Waals surface area contributed by atoms with Crippen molar-refractivity contribution in [2.45, 2.75) is 32.9 Å². The second kappa shape index (κ2) is 4.84. The van der Waals surface area contributed by atoms with Crippen molar-refractivity contribution >= 4 is 17.0 Å². The zero-order chi connectivity index (χ0) is 14.0. The lowest BCUT2D eigenvalue weighted by Crippen LogP contribution is -2.32.